The number of nitrogens with two attached hydrogens (primary N) is 1. The van der Waals surface area contributed by atoms with Crippen molar-refractivity contribution in [2.75, 3.05) is 5.73 Å². The molecule has 1 aliphatic carbocycles. The lowest BCUT2D eigenvalue weighted by Crippen LogP contribution is -2.15. The summed E-state index contributed by atoms with van der Waals surface area (Å²) in [4.78, 5) is 0. The first-order valence-electron chi connectivity index (χ1n) is 7.28. The zero-order valence-electron chi connectivity index (χ0n) is 12.1. The predicted molar refractivity (Wildman–Crippen MR) is 78.9 cm³/mol. The van der Waals surface area contributed by atoms with E-state index in [1.807, 2.05) is 29.8 Å². The summed E-state index contributed by atoms with van der Waals surface area (Å²) in [5.74, 6) is 2.27. The molecule has 1 fully saturated rings. The molecule has 2 aromatic rings. The van der Waals surface area contributed by atoms with Gasteiger partial charge in [0.05, 0.1) is 0 Å². The molecule has 3 rings (SSSR count). The number of benzene rings is 1. The van der Waals surface area contributed by atoms with Crippen molar-refractivity contribution in [3.05, 3.63) is 23.8 Å². The minimum absolute atomic E-state index is 0.679. The predicted octanol–water partition coefficient (Wildman–Crippen LogP) is 2.67. The van der Waals surface area contributed by atoms with Crippen molar-refractivity contribution in [3.8, 4) is 11.4 Å². The second-order valence-electron chi connectivity index (χ2n) is 5.87. The molecule has 0 bridgehead atoms. The van der Waals surface area contributed by atoms with Crippen LogP contribution in [0, 0.1) is 18.8 Å². The molecule has 0 saturated heterocycles. The topological polar surface area (TPSA) is 69.6 Å². The second-order valence-corrected chi connectivity index (χ2v) is 5.87. The Kier molecular flexibility index (Phi) is 3.42. The van der Waals surface area contributed by atoms with E-state index in [0.717, 1.165) is 35.1 Å². The molecule has 0 spiro atoms. The molecule has 0 amide bonds. The monoisotopic (exact) mass is 271 g/mol. The highest BCUT2D eigenvalue weighted by molar-refractivity contribution is 5.67. The Balaban J connectivity index is 1.92. The molecule has 0 radical (unpaired) electrons. The van der Waals surface area contributed by atoms with Gasteiger partial charge in [0.2, 0.25) is 0 Å². The molecule has 1 saturated carbocycles. The first-order valence-corrected chi connectivity index (χ1v) is 7.28. The summed E-state index contributed by atoms with van der Waals surface area (Å²) >= 11 is 0. The van der Waals surface area contributed by atoms with E-state index in [0.29, 0.717) is 5.92 Å². The van der Waals surface area contributed by atoms with Gasteiger partial charge in [0, 0.05) is 17.8 Å². The standard InChI is InChI=1S/C15H21N5/c1-10-5-3-6-12(10)9-20-15(17-18-19-20)13-7-4-8-14(16)11(13)2/h4,7-8,10,12H,3,5-6,9,16H2,1-2H3. The van der Waals surface area contributed by atoms with Gasteiger partial charge in [0.15, 0.2) is 5.82 Å². The van der Waals surface area contributed by atoms with Crippen molar-refractivity contribution in [2.24, 2.45) is 11.8 Å². The molecule has 2 atom stereocenters. The summed E-state index contributed by atoms with van der Waals surface area (Å²) < 4.78 is 1.94. The van der Waals surface area contributed by atoms with Crippen molar-refractivity contribution in [2.45, 2.75) is 39.7 Å². The van der Waals surface area contributed by atoms with E-state index in [4.69, 9.17) is 5.73 Å². The van der Waals surface area contributed by atoms with Gasteiger partial charge in [-0.15, -0.1) is 5.10 Å². The summed E-state index contributed by atoms with van der Waals surface area (Å²) in [5.41, 5.74) is 8.84. The minimum atomic E-state index is 0.679. The molecule has 5 nitrogen and oxygen atoms in total. The van der Waals surface area contributed by atoms with Gasteiger partial charge in [-0.1, -0.05) is 31.9 Å². The van der Waals surface area contributed by atoms with Gasteiger partial charge >= 0.3 is 0 Å². The van der Waals surface area contributed by atoms with Crippen molar-refractivity contribution in [1.82, 2.24) is 20.2 Å². The molecule has 1 heterocycles. The third-order valence-corrected chi connectivity index (χ3v) is 4.60. The molecule has 1 aromatic heterocycles. The summed E-state index contributed by atoms with van der Waals surface area (Å²) in [7, 11) is 0. The van der Waals surface area contributed by atoms with Gasteiger partial charge in [-0.2, -0.15) is 0 Å². The van der Waals surface area contributed by atoms with Gasteiger partial charge in [-0.05, 0) is 47.2 Å². The number of anilines is 1. The van der Waals surface area contributed by atoms with E-state index in [1.54, 1.807) is 0 Å². The van der Waals surface area contributed by atoms with E-state index in [2.05, 4.69) is 22.4 Å². The maximum Gasteiger partial charge on any atom is 0.182 e. The number of hydrogen-bond acceptors (Lipinski definition) is 4. The molecule has 2 N–H and O–H groups in total. The molecule has 0 aliphatic heterocycles. The molecular weight excluding hydrogens is 250 g/mol. The third-order valence-electron chi connectivity index (χ3n) is 4.60. The Morgan fingerprint density at radius 2 is 2.20 bits per heavy atom. The average Bonchev–Trinajstić information content (AvgIpc) is 3.04. The lowest BCUT2D eigenvalue weighted by atomic mass is 9.98. The first kappa shape index (κ1) is 13.1. The Hall–Kier alpha value is -1.91. The Bertz CT molecular complexity index is 604. The zero-order chi connectivity index (χ0) is 14.1. The summed E-state index contributed by atoms with van der Waals surface area (Å²) in [6, 6.07) is 5.90. The van der Waals surface area contributed by atoms with Gasteiger partial charge < -0.3 is 5.73 Å². The largest absolute Gasteiger partial charge is 0.398 e. The van der Waals surface area contributed by atoms with Gasteiger partial charge in [-0.25, -0.2) is 4.68 Å². The van der Waals surface area contributed by atoms with Gasteiger partial charge in [-0.3, -0.25) is 0 Å². The maximum absolute atomic E-state index is 5.98. The van der Waals surface area contributed by atoms with E-state index < -0.39 is 0 Å². The quantitative estimate of drug-likeness (QED) is 0.871. The summed E-state index contributed by atoms with van der Waals surface area (Å²) in [6.45, 7) is 5.24. The van der Waals surface area contributed by atoms with Crippen LogP contribution in [0.3, 0.4) is 0 Å². The van der Waals surface area contributed by atoms with Crippen molar-refractivity contribution >= 4 is 5.69 Å². The van der Waals surface area contributed by atoms with Gasteiger partial charge in [0.1, 0.15) is 0 Å². The van der Waals surface area contributed by atoms with E-state index in [1.165, 1.54) is 19.3 Å². The molecule has 2 unspecified atom stereocenters. The molecule has 20 heavy (non-hydrogen) atoms. The molecule has 106 valence electrons. The molecule has 1 aliphatic rings. The summed E-state index contributed by atoms with van der Waals surface area (Å²) in [5, 5.41) is 12.2. The van der Waals surface area contributed by atoms with Crippen LogP contribution in [-0.4, -0.2) is 20.2 Å². The van der Waals surface area contributed by atoms with Gasteiger partial charge in [0.25, 0.3) is 0 Å². The zero-order valence-corrected chi connectivity index (χ0v) is 12.1. The Morgan fingerprint density at radius 3 is 2.95 bits per heavy atom. The van der Waals surface area contributed by atoms with Crippen LogP contribution in [0.25, 0.3) is 11.4 Å². The Labute approximate surface area is 119 Å². The highest BCUT2D eigenvalue weighted by Crippen LogP contribution is 2.33. The van der Waals surface area contributed by atoms with Crippen LogP contribution in [0.2, 0.25) is 0 Å². The number of tetrazole rings is 1. The second kappa shape index (κ2) is 5.23. The highest BCUT2D eigenvalue weighted by Gasteiger charge is 2.25. The van der Waals surface area contributed by atoms with E-state index >= 15 is 0 Å². The Morgan fingerprint density at radius 1 is 1.35 bits per heavy atom. The highest BCUT2D eigenvalue weighted by atomic mass is 15.5. The smallest absolute Gasteiger partial charge is 0.182 e. The average molecular weight is 271 g/mol. The van der Waals surface area contributed by atoms with Crippen LogP contribution in [0.1, 0.15) is 31.7 Å². The van der Waals surface area contributed by atoms with Crippen LogP contribution in [-0.2, 0) is 6.54 Å². The number of rotatable bonds is 3. The number of nitrogens with zero attached hydrogens (tertiary/aromatic N) is 4. The van der Waals surface area contributed by atoms with Crippen molar-refractivity contribution < 1.29 is 0 Å². The third kappa shape index (κ3) is 2.28. The number of nitrogen functional groups attached to an aromatic ring is 1. The normalized spacial score (nSPS) is 22.3. The molecule has 1 aromatic carbocycles. The van der Waals surface area contributed by atoms with Crippen molar-refractivity contribution in [1.29, 1.82) is 0 Å². The number of hydrogen-bond donors (Lipinski definition) is 1. The van der Waals surface area contributed by atoms with E-state index in [9.17, 15) is 0 Å². The lowest BCUT2D eigenvalue weighted by molar-refractivity contribution is 0.346. The minimum Gasteiger partial charge on any atom is -0.398 e. The fourth-order valence-corrected chi connectivity index (χ4v) is 3.13. The fourth-order valence-electron chi connectivity index (χ4n) is 3.13. The summed E-state index contributed by atoms with van der Waals surface area (Å²) in [6.07, 6.45) is 3.91. The van der Waals surface area contributed by atoms with Crippen molar-refractivity contribution in [3.63, 3.8) is 0 Å². The number of aromatic nitrogens is 4. The van der Waals surface area contributed by atoms with Crippen LogP contribution in [0.15, 0.2) is 18.2 Å². The lowest BCUT2D eigenvalue weighted by Gasteiger charge is -2.16. The van der Waals surface area contributed by atoms with E-state index in [-0.39, 0.29) is 0 Å². The first-order chi connectivity index (χ1) is 9.66. The molecular formula is C15H21N5. The molecule has 5 heteroatoms. The van der Waals surface area contributed by atoms with Crippen LogP contribution >= 0.6 is 0 Å². The maximum atomic E-state index is 5.98. The SMILES string of the molecule is Cc1c(N)cccc1-c1nnnn1CC1CCCC1C. The fraction of sp³-hybridized carbons (Fsp3) is 0.533. The van der Waals surface area contributed by atoms with Crippen LogP contribution in [0.5, 0.6) is 0 Å². The van der Waals surface area contributed by atoms with Crippen LogP contribution in [0.4, 0.5) is 5.69 Å². The van der Waals surface area contributed by atoms with Crippen LogP contribution < -0.4 is 5.73 Å².